The second kappa shape index (κ2) is 7.41. The number of rotatable bonds is 4. The number of hydrogen-bond donors (Lipinski definition) is 1. The highest BCUT2D eigenvalue weighted by atomic mass is 32.1. The molecule has 1 N–H and O–H groups in total. The molecule has 0 aliphatic carbocycles. The minimum atomic E-state index is -0.345. The minimum Gasteiger partial charge on any atom is -0.497 e. The third kappa shape index (κ3) is 3.26. The number of halogens is 1. The van der Waals surface area contributed by atoms with Gasteiger partial charge in [-0.15, -0.1) is 21.6 Å². The van der Waals surface area contributed by atoms with Crippen LogP contribution in [-0.2, 0) is 5.54 Å². The first-order valence-corrected chi connectivity index (χ1v) is 11.3. The zero-order chi connectivity index (χ0) is 22.6. The fourth-order valence-electron chi connectivity index (χ4n) is 4.71. The molecule has 2 aromatic heterocycles. The highest BCUT2D eigenvalue weighted by Gasteiger charge is 2.36. The second-order valence-corrected chi connectivity index (χ2v) is 9.60. The molecule has 5 rings (SSSR count). The van der Waals surface area contributed by atoms with Crippen molar-refractivity contribution in [1.29, 1.82) is 0 Å². The van der Waals surface area contributed by atoms with Crippen molar-refractivity contribution < 1.29 is 14.2 Å². The number of aromatic hydroxyl groups is 1. The van der Waals surface area contributed by atoms with Crippen LogP contribution in [0, 0.1) is 5.82 Å². The Morgan fingerprint density at radius 1 is 1.25 bits per heavy atom. The summed E-state index contributed by atoms with van der Waals surface area (Å²) in [7, 11) is 1.62. The maximum atomic E-state index is 14.4. The average Bonchev–Trinajstić information content (AvgIpc) is 3.33. The number of benzene rings is 2. The number of thiazole rings is 1. The van der Waals surface area contributed by atoms with Gasteiger partial charge in [-0.25, -0.2) is 9.37 Å². The first-order chi connectivity index (χ1) is 15.3. The quantitative estimate of drug-likeness (QED) is 0.332. The first-order valence-electron chi connectivity index (χ1n) is 10.4. The SMILES string of the molecule is COc1cccc(-c2csc(N=Nc3c(O)n4c5c(cc(F)cc35)C(C)CC4(C)C)n2)c1. The van der Waals surface area contributed by atoms with Crippen LogP contribution < -0.4 is 4.74 Å². The van der Waals surface area contributed by atoms with Crippen molar-refractivity contribution in [3.05, 3.63) is 53.2 Å². The molecule has 2 aromatic carbocycles. The largest absolute Gasteiger partial charge is 0.497 e. The molecule has 8 heteroatoms. The van der Waals surface area contributed by atoms with Gasteiger partial charge in [-0.1, -0.05) is 19.1 Å². The van der Waals surface area contributed by atoms with E-state index in [0.717, 1.165) is 34.5 Å². The van der Waals surface area contributed by atoms with E-state index in [0.29, 0.717) is 10.5 Å². The van der Waals surface area contributed by atoms with Crippen LogP contribution in [0.25, 0.3) is 22.2 Å². The van der Waals surface area contributed by atoms with Gasteiger partial charge in [-0.05, 0) is 56.0 Å². The van der Waals surface area contributed by atoms with E-state index in [2.05, 4.69) is 36.0 Å². The summed E-state index contributed by atoms with van der Waals surface area (Å²) in [6.45, 7) is 6.22. The van der Waals surface area contributed by atoms with Gasteiger partial charge in [0.05, 0.1) is 18.3 Å². The third-order valence-corrected chi connectivity index (χ3v) is 6.77. The second-order valence-electron chi connectivity index (χ2n) is 8.76. The van der Waals surface area contributed by atoms with Crippen molar-refractivity contribution >= 4 is 33.1 Å². The molecule has 164 valence electrons. The average molecular weight is 451 g/mol. The molecular weight excluding hydrogens is 427 g/mol. The number of aromatic nitrogens is 2. The van der Waals surface area contributed by atoms with Gasteiger partial charge in [0.2, 0.25) is 11.0 Å². The number of ether oxygens (including phenoxy) is 1. The van der Waals surface area contributed by atoms with Gasteiger partial charge in [-0.2, -0.15) is 0 Å². The Morgan fingerprint density at radius 2 is 2.06 bits per heavy atom. The summed E-state index contributed by atoms with van der Waals surface area (Å²) in [5, 5.41) is 22.6. The van der Waals surface area contributed by atoms with Crippen molar-refractivity contribution in [2.24, 2.45) is 10.2 Å². The van der Waals surface area contributed by atoms with Gasteiger partial charge in [0, 0.05) is 21.9 Å². The molecule has 3 heterocycles. The predicted molar refractivity (Wildman–Crippen MR) is 124 cm³/mol. The fraction of sp³-hybridized carbons (Fsp3) is 0.292. The summed E-state index contributed by atoms with van der Waals surface area (Å²) in [6, 6.07) is 10.6. The normalized spacial score (nSPS) is 17.3. The molecular formula is C24H23FN4O2S. The Bertz CT molecular complexity index is 1370. The van der Waals surface area contributed by atoms with Crippen molar-refractivity contribution in [2.75, 3.05) is 7.11 Å². The van der Waals surface area contributed by atoms with Crippen LogP contribution in [0.4, 0.5) is 15.2 Å². The lowest BCUT2D eigenvalue weighted by Crippen LogP contribution is -2.31. The fourth-order valence-corrected chi connectivity index (χ4v) is 5.36. The lowest BCUT2D eigenvalue weighted by Gasteiger charge is -2.36. The number of hydrogen-bond acceptors (Lipinski definition) is 6. The molecule has 0 saturated carbocycles. The van der Waals surface area contributed by atoms with Crippen molar-refractivity contribution in [3.8, 4) is 22.9 Å². The standard InChI is InChI=1S/C24H23FN4O2S/c1-13-11-24(2,3)29-21-17(13)9-15(25)10-18(21)20(22(29)30)27-28-23-26-19(12-32-23)14-6-5-7-16(8-14)31-4/h5-10,12-13,30H,11H2,1-4H3. The summed E-state index contributed by atoms with van der Waals surface area (Å²) in [5.41, 5.74) is 3.30. The van der Waals surface area contributed by atoms with Gasteiger partial charge in [-0.3, -0.25) is 0 Å². The monoisotopic (exact) mass is 450 g/mol. The summed E-state index contributed by atoms with van der Waals surface area (Å²) in [4.78, 5) is 4.54. The molecule has 0 fully saturated rings. The van der Waals surface area contributed by atoms with Crippen LogP contribution in [0.3, 0.4) is 0 Å². The van der Waals surface area contributed by atoms with E-state index in [-0.39, 0.29) is 28.8 Å². The van der Waals surface area contributed by atoms with Crippen LogP contribution in [-0.4, -0.2) is 21.8 Å². The van der Waals surface area contributed by atoms with Crippen LogP contribution in [0.2, 0.25) is 0 Å². The maximum Gasteiger partial charge on any atom is 0.230 e. The van der Waals surface area contributed by atoms with Crippen molar-refractivity contribution in [1.82, 2.24) is 9.55 Å². The molecule has 1 aliphatic rings. The Balaban J connectivity index is 1.58. The Morgan fingerprint density at radius 3 is 2.84 bits per heavy atom. The van der Waals surface area contributed by atoms with Crippen LogP contribution in [0.5, 0.6) is 11.6 Å². The third-order valence-electron chi connectivity index (χ3n) is 6.04. The molecule has 6 nitrogen and oxygen atoms in total. The van der Waals surface area contributed by atoms with E-state index < -0.39 is 0 Å². The lowest BCUT2D eigenvalue weighted by molar-refractivity contribution is 0.267. The molecule has 0 spiro atoms. The smallest absolute Gasteiger partial charge is 0.230 e. The van der Waals surface area contributed by atoms with Gasteiger partial charge < -0.3 is 14.4 Å². The molecule has 0 amide bonds. The van der Waals surface area contributed by atoms with E-state index in [1.807, 2.05) is 34.2 Å². The van der Waals surface area contributed by atoms with E-state index in [4.69, 9.17) is 4.74 Å². The molecule has 0 saturated heterocycles. The van der Waals surface area contributed by atoms with Crippen LogP contribution in [0.1, 0.15) is 38.7 Å². The number of azo groups is 1. The van der Waals surface area contributed by atoms with Gasteiger partial charge in [0.25, 0.3) is 0 Å². The highest BCUT2D eigenvalue weighted by Crippen LogP contribution is 2.51. The van der Waals surface area contributed by atoms with E-state index in [1.165, 1.54) is 17.4 Å². The molecule has 0 bridgehead atoms. The van der Waals surface area contributed by atoms with E-state index >= 15 is 0 Å². The van der Waals surface area contributed by atoms with Gasteiger partial charge in [0.15, 0.2) is 5.69 Å². The van der Waals surface area contributed by atoms with Crippen LogP contribution in [0.15, 0.2) is 52.0 Å². The number of nitrogens with zero attached hydrogens (tertiary/aromatic N) is 4. The topological polar surface area (TPSA) is 72.0 Å². The van der Waals surface area contributed by atoms with E-state index in [1.54, 1.807) is 13.2 Å². The zero-order valence-electron chi connectivity index (χ0n) is 18.3. The molecule has 1 atom stereocenters. The summed E-state index contributed by atoms with van der Waals surface area (Å²) < 4.78 is 21.6. The Kier molecular flexibility index (Phi) is 4.78. The molecule has 4 aromatic rings. The highest BCUT2D eigenvalue weighted by molar-refractivity contribution is 7.13. The van der Waals surface area contributed by atoms with E-state index in [9.17, 15) is 9.50 Å². The number of methoxy groups -OCH3 is 1. The lowest BCUT2D eigenvalue weighted by atomic mass is 9.82. The van der Waals surface area contributed by atoms with Crippen LogP contribution >= 0.6 is 11.3 Å². The summed E-state index contributed by atoms with van der Waals surface area (Å²) in [6.07, 6.45) is 0.785. The molecule has 0 radical (unpaired) electrons. The molecule has 1 aliphatic heterocycles. The summed E-state index contributed by atoms with van der Waals surface area (Å²) >= 11 is 1.34. The Hall–Kier alpha value is -3.26. The molecule has 1 unspecified atom stereocenters. The first kappa shape index (κ1) is 20.6. The van der Waals surface area contributed by atoms with Crippen molar-refractivity contribution in [2.45, 2.75) is 38.6 Å². The van der Waals surface area contributed by atoms with Crippen molar-refractivity contribution in [3.63, 3.8) is 0 Å². The summed E-state index contributed by atoms with van der Waals surface area (Å²) in [5.74, 6) is 0.565. The maximum absolute atomic E-state index is 14.4. The van der Waals surface area contributed by atoms with Gasteiger partial charge in [0.1, 0.15) is 11.6 Å². The Labute approximate surface area is 189 Å². The van der Waals surface area contributed by atoms with Gasteiger partial charge >= 0.3 is 0 Å². The predicted octanol–water partition coefficient (Wildman–Crippen LogP) is 7.28. The minimum absolute atomic E-state index is 0.00271. The molecule has 32 heavy (non-hydrogen) atoms. The zero-order valence-corrected chi connectivity index (χ0v) is 19.1.